The number of hydrogen-bond acceptors (Lipinski definition) is 3. The molecular formula is C17H27N3O2. The first-order valence-electron chi connectivity index (χ1n) is 8.24. The van der Waals surface area contributed by atoms with E-state index in [1.807, 2.05) is 18.2 Å². The summed E-state index contributed by atoms with van der Waals surface area (Å²) in [6, 6.07) is 5.89. The topological polar surface area (TPSA) is 74.2 Å². The first kappa shape index (κ1) is 16.7. The van der Waals surface area contributed by atoms with Crippen molar-refractivity contribution in [3.05, 3.63) is 30.1 Å². The molecule has 1 aliphatic carbocycles. The number of nitrogens with zero attached hydrogens (tertiary/aromatic N) is 1. The summed E-state index contributed by atoms with van der Waals surface area (Å²) in [5.74, 6) is 0.533. The van der Waals surface area contributed by atoms with Crippen molar-refractivity contribution in [2.24, 2.45) is 11.8 Å². The number of aliphatic hydroxyl groups is 1. The number of aliphatic hydroxyl groups excluding tert-OH is 1. The van der Waals surface area contributed by atoms with Gasteiger partial charge in [0.2, 0.25) is 0 Å². The van der Waals surface area contributed by atoms with E-state index < -0.39 is 0 Å². The Morgan fingerprint density at radius 3 is 2.91 bits per heavy atom. The highest BCUT2D eigenvalue weighted by Gasteiger charge is 2.22. The summed E-state index contributed by atoms with van der Waals surface area (Å²) in [5.41, 5.74) is 0.935. The highest BCUT2D eigenvalue weighted by Crippen LogP contribution is 2.23. The number of pyridine rings is 1. The summed E-state index contributed by atoms with van der Waals surface area (Å²) >= 11 is 0. The van der Waals surface area contributed by atoms with Crippen LogP contribution in [0, 0.1) is 11.8 Å². The van der Waals surface area contributed by atoms with Gasteiger partial charge < -0.3 is 15.7 Å². The van der Waals surface area contributed by atoms with E-state index in [1.165, 1.54) is 19.3 Å². The Bertz CT molecular complexity index is 452. The van der Waals surface area contributed by atoms with E-state index in [1.54, 1.807) is 6.20 Å². The van der Waals surface area contributed by atoms with Crippen LogP contribution >= 0.6 is 0 Å². The third-order valence-corrected chi connectivity index (χ3v) is 4.46. The predicted molar refractivity (Wildman–Crippen MR) is 86.5 cm³/mol. The molecule has 0 bridgehead atoms. The minimum atomic E-state index is -0.127. The molecule has 5 nitrogen and oxygen atoms in total. The molecule has 0 spiro atoms. The van der Waals surface area contributed by atoms with Gasteiger partial charge in [0.05, 0.1) is 0 Å². The third kappa shape index (κ3) is 5.30. The maximum absolute atomic E-state index is 12.0. The largest absolute Gasteiger partial charge is 0.396 e. The van der Waals surface area contributed by atoms with Crippen molar-refractivity contribution < 1.29 is 9.90 Å². The molecule has 1 aliphatic rings. The average Bonchev–Trinajstić information content (AvgIpc) is 2.54. The number of urea groups is 1. The first-order valence-corrected chi connectivity index (χ1v) is 8.24. The van der Waals surface area contributed by atoms with Crippen LogP contribution in [0.2, 0.25) is 0 Å². The first-order chi connectivity index (χ1) is 10.7. The number of aromatic nitrogens is 1. The van der Waals surface area contributed by atoms with Crippen molar-refractivity contribution in [3.63, 3.8) is 0 Å². The van der Waals surface area contributed by atoms with E-state index in [2.05, 4.69) is 22.5 Å². The van der Waals surface area contributed by atoms with Gasteiger partial charge in [-0.2, -0.15) is 0 Å². The van der Waals surface area contributed by atoms with Gasteiger partial charge in [-0.1, -0.05) is 25.8 Å². The molecule has 3 N–H and O–H groups in total. The quantitative estimate of drug-likeness (QED) is 0.753. The van der Waals surface area contributed by atoms with Crippen LogP contribution in [0.15, 0.2) is 24.4 Å². The molecule has 0 radical (unpaired) electrons. The molecule has 0 aliphatic heterocycles. The van der Waals surface area contributed by atoms with E-state index in [0.29, 0.717) is 18.9 Å². The van der Waals surface area contributed by atoms with Gasteiger partial charge in [-0.15, -0.1) is 0 Å². The Balaban J connectivity index is 1.74. The minimum Gasteiger partial charge on any atom is -0.396 e. The number of carbonyl (C=O) groups excluding carboxylic acids is 1. The lowest BCUT2D eigenvalue weighted by atomic mass is 9.86. The Labute approximate surface area is 132 Å². The smallest absolute Gasteiger partial charge is 0.315 e. The van der Waals surface area contributed by atoms with Crippen molar-refractivity contribution in [2.75, 3.05) is 13.2 Å². The summed E-state index contributed by atoms with van der Waals surface area (Å²) < 4.78 is 0. The van der Waals surface area contributed by atoms with Crippen LogP contribution in [0.5, 0.6) is 0 Å². The van der Waals surface area contributed by atoms with Crippen molar-refractivity contribution in [2.45, 2.75) is 45.1 Å². The zero-order valence-corrected chi connectivity index (χ0v) is 13.3. The summed E-state index contributed by atoms with van der Waals surface area (Å²) in [4.78, 5) is 16.3. The van der Waals surface area contributed by atoms with Crippen LogP contribution in [0.25, 0.3) is 0 Å². The average molecular weight is 305 g/mol. The molecular weight excluding hydrogens is 278 g/mol. The summed E-state index contributed by atoms with van der Waals surface area (Å²) in [6.07, 6.45) is 7.10. The zero-order chi connectivity index (χ0) is 15.8. The second-order valence-corrected chi connectivity index (χ2v) is 6.30. The van der Waals surface area contributed by atoms with Gasteiger partial charge in [0.25, 0.3) is 0 Å². The van der Waals surface area contributed by atoms with E-state index >= 15 is 0 Å². The SMILES string of the molecule is CC1CCCCC1NC(=O)NCC(CO)Cc1ccccn1. The van der Waals surface area contributed by atoms with E-state index in [4.69, 9.17) is 0 Å². The van der Waals surface area contributed by atoms with Crippen molar-refractivity contribution in [1.29, 1.82) is 0 Å². The fourth-order valence-corrected chi connectivity index (χ4v) is 3.00. The molecule has 5 heteroatoms. The lowest BCUT2D eigenvalue weighted by Gasteiger charge is -2.29. The molecule has 1 saturated carbocycles. The van der Waals surface area contributed by atoms with Gasteiger partial charge in [0, 0.05) is 37.0 Å². The molecule has 0 aromatic carbocycles. The minimum absolute atomic E-state index is 0.00979. The fourth-order valence-electron chi connectivity index (χ4n) is 3.00. The molecule has 3 unspecified atom stereocenters. The standard InChI is InChI=1S/C17H27N3O2/c1-13-6-2-3-8-16(13)20-17(22)19-11-14(12-21)10-15-7-4-5-9-18-15/h4-5,7,9,13-14,16,21H,2-3,6,8,10-12H2,1H3,(H2,19,20,22). The van der Waals surface area contributed by atoms with Crippen molar-refractivity contribution in [3.8, 4) is 0 Å². The molecule has 1 aromatic rings. The molecule has 2 amide bonds. The number of hydrogen-bond donors (Lipinski definition) is 3. The normalized spacial score (nSPS) is 22.8. The maximum atomic E-state index is 12.0. The van der Waals surface area contributed by atoms with Gasteiger partial charge in [-0.05, 0) is 37.3 Å². The van der Waals surface area contributed by atoms with Gasteiger partial charge in [0.15, 0.2) is 0 Å². The van der Waals surface area contributed by atoms with Crippen LogP contribution in [0.1, 0.15) is 38.3 Å². The number of amides is 2. The second-order valence-electron chi connectivity index (χ2n) is 6.30. The lowest BCUT2D eigenvalue weighted by Crippen LogP contribution is -2.47. The molecule has 2 rings (SSSR count). The third-order valence-electron chi connectivity index (χ3n) is 4.46. The van der Waals surface area contributed by atoms with Crippen molar-refractivity contribution >= 4 is 6.03 Å². The summed E-state index contributed by atoms with van der Waals surface area (Å²) in [5, 5.41) is 15.4. The van der Waals surface area contributed by atoms with Crippen LogP contribution in [-0.2, 0) is 6.42 Å². The monoisotopic (exact) mass is 305 g/mol. The van der Waals surface area contributed by atoms with E-state index in [0.717, 1.165) is 12.1 Å². The molecule has 22 heavy (non-hydrogen) atoms. The Morgan fingerprint density at radius 1 is 1.41 bits per heavy atom. The van der Waals surface area contributed by atoms with E-state index in [9.17, 15) is 9.90 Å². The van der Waals surface area contributed by atoms with Gasteiger partial charge >= 0.3 is 6.03 Å². The lowest BCUT2D eigenvalue weighted by molar-refractivity contribution is 0.205. The second kappa shape index (κ2) is 8.73. The van der Waals surface area contributed by atoms with Gasteiger partial charge in [-0.25, -0.2) is 4.79 Å². The van der Waals surface area contributed by atoms with E-state index in [-0.39, 0.29) is 24.6 Å². The molecule has 0 saturated heterocycles. The fraction of sp³-hybridized carbons (Fsp3) is 0.647. The predicted octanol–water partition coefficient (Wildman–Crippen LogP) is 2.11. The molecule has 1 fully saturated rings. The van der Waals surface area contributed by atoms with Crippen LogP contribution < -0.4 is 10.6 Å². The molecule has 1 heterocycles. The molecule has 1 aromatic heterocycles. The molecule has 3 atom stereocenters. The summed E-state index contributed by atoms with van der Waals surface area (Å²) in [7, 11) is 0. The highest BCUT2D eigenvalue weighted by atomic mass is 16.3. The highest BCUT2D eigenvalue weighted by molar-refractivity contribution is 5.74. The Hall–Kier alpha value is -1.62. The van der Waals surface area contributed by atoms with Gasteiger partial charge in [0.1, 0.15) is 0 Å². The van der Waals surface area contributed by atoms with Crippen molar-refractivity contribution in [1.82, 2.24) is 15.6 Å². The number of carbonyl (C=O) groups is 1. The Morgan fingerprint density at radius 2 is 2.23 bits per heavy atom. The van der Waals surface area contributed by atoms with Crippen LogP contribution in [0.4, 0.5) is 4.79 Å². The van der Waals surface area contributed by atoms with Crippen LogP contribution in [0.3, 0.4) is 0 Å². The maximum Gasteiger partial charge on any atom is 0.315 e. The number of rotatable bonds is 6. The summed E-state index contributed by atoms with van der Waals surface area (Å²) in [6.45, 7) is 2.69. The molecule has 122 valence electrons. The Kier molecular flexibility index (Phi) is 6.65. The van der Waals surface area contributed by atoms with Gasteiger partial charge in [-0.3, -0.25) is 4.98 Å². The number of nitrogens with one attached hydrogen (secondary N) is 2. The zero-order valence-electron chi connectivity index (χ0n) is 13.3. The van der Waals surface area contributed by atoms with Crippen LogP contribution in [-0.4, -0.2) is 35.3 Å².